The molecule has 2 aromatic heterocycles. The van der Waals surface area contributed by atoms with E-state index in [0.29, 0.717) is 12.2 Å². The highest BCUT2D eigenvalue weighted by atomic mass is 16.5. The molecular formula is C16H17N3O. The maximum atomic E-state index is 6.23. The van der Waals surface area contributed by atoms with Gasteiger partial charge >= 0.3 is 0 Å². The number of aromatic nitrogens is 2. The molecule has 4 heteroatoms. The van der Waals surface area contributed by atoms with Gasteiger partial charge in [-0.2, -0.15) is 0 Å². The number of imidazole rings is 1. The second-order valence-electron chi connectivity index (χ2n) is 4.83. The molecule has 0 saturated heterocycles. The first kappa shape index (κ1) is 12.5. The highest BCUT2D eigenvalue weighted by molar-refractivity contribution is 5.55. The minimum atomic E-state index is 0.699. The third kappa shape index (κ3) is 2.09. The molecule has 0 atom stereocenters. The van der Waals surface area contributed by atoms with E-state index in [9.17, 15) is 0 Å². The number of aryl methyl sites for hydroxylation is 1. The summed E-state index contributed by atoms with van der Waals surface area (Å²) in [6, 6.07) is 14.0. The summed E-state index contributed by atoms with van der Waals surface area (Å²) in [5.74, 6) is 1.56. The lowest BCUT2D eigenvalue weighted by Crippen LogP contribution is -1.99. The van der Waals surface area contributed by atoms with Crippen molar-refractivity contribution in [2.45, 2.75) is 13.3 Å². The Kier molecular flexibility index (Phi) is 3.06. The van der Waals surface area contributed by atoms with Gasteiger partial charge in [0.15, 0.2) is 0 Å². The van der Waals surface area contributed by atoms with E-state index < -0.39 is 0 Å². The Morgan fingerprint density at radius 1 is 1.20 bits per heavy atom. The van der Waals surface area contributed by atoms with Crippen molar-refractivity contribution < 1.29 is 4.74 Å². The number of rotatable bonds is 3. The van der Waals surface area contributed by atoms with E-state index >= 15 is 0 Å². The smallest absolute Gasteiger partial charge is 0.138 e. The molecule has 3 aromatic rings. The monoisotopic (exact) mass is 267 g/mol. The number of pyridine rings is 1. The van der Waals surface area contributed by atoms with Gasteiger partial charge in [-0.1, -0.05) is 18.2 Å². The maximum Gasteiger partial charge on any atom is 0.138 e. The van der Waals surface area contributed by atoms with Gasteiger partial charge in [0, 0.05) is 12.1 Å². The lowest BCUT2D eigenvalue weighted by molar-refractivity contribution is 0.414. The lowest BCUT2D eigenvalue weighted by Gasteiger charge is -2.04. The summed E-state index contributed by atoms with van der Waals surface area (Å²) in [5, 5.41) is 0. The molecule has 102 valence electrons. The Morgan fingerprint density at radius 3 is 2.75 bits per heavy atom. The maximum absolute atomic E-state index is 6.23. The van der Waals surface area contributed by atoms with E-state index in [1.54, 1.807) is 7.11 Å². The van der Waals surface area contributed by atoms with Crippen LogP contribution in [-0.4, -0.2) is 16.5 Å². The highest BCUT2D eigenvalue weighted by Crippen LogP contribution is 2.21. The van der Waals surface area contributed by atoms with Gasteiger partial charge in [0.05, 0.1) is 12.8 Å². The van der Waals surface area contributed by atoms with Crippen LogP contribution < -0.4 is 10.5 Å². The molecule has 3 rings (SSSR count). The second-order valence-corrected chi connectivity index (χ2v) is 4.83. The molecular weight excluding hydrogens is 250 g/mol. The van der Waals surface area contributed by atoms with Gasteiger partial charge in [0.2, 0.25) is 0 Å². The van der Waals surface area contributed by atoms with Crippen molar-refractivity contribution in [3.05, 3.63) is 59.4 Å². The topological polar surface area (TPSA) is 52.5 Å². The van der Waals surface area contributed by atoms with Crippen molar-refractivity contribution in [3.8, 4) is 5.75 Å². The molecule has 0 unspecified atom stereocenters. The summed E-state index contributed by atoms with van der Waals surface area (Å²) in [7, 11) is 1.67. The number of ether oxygens (including phenoxy) is 1. The van der Waals surface area contributed by atoms with Crippen molar-refractivity contribution in [2.75, 3.05) is 12.8 Å². The fraction of sp³-hybridized carbons (Fsp3) is 0.188. The first-order valence-electron chi connectivity index (χ1n) is 6.54. The summed E-state index contributed by atoms with van der Waals surface area (Å²) < 4.78 is 7.23. The number of benzene rings is 1. The molecule has 2 N–H and O–H groups in total. The molecule has 0 radical (unpaired) electrons. The number of hydrogen-bond donors (Lipinski definition) is 1. The number of fused-ring (bicyclic) bond motifs is 1. The molecule has 0 bridgehead atoms. The van der Waals surface area contributed by atoms with Crippen LogP contribution in [0.15, 0.2) is 42.5 Å². The van der Waals surface area contributed by atoms with Crippen LogP contribution in [0.2, 0.25) is 0 Å². The number of nitrogens with two attached hydrogens (primary N) is 1. The van der Waals surface area contributed by atoms with Crippen molar-refractivity contribution in [1.82, 2.24) is 9.38 Å². The van der Waals surface area contributed by atoms with Crippen LogP contribution in [0.25, 0.3) is 5.65 Å². The van der Waals surface area contributed by atoms with Gasteiger partial charge in [-0.15, -0.1) is 0 Å². The average molecular weight is 267 g/mol. The van der Waals surface area contributed by atoms with Crippen molar-refractivity contribution in [1.29, 1.82) is 0 Å². The SMILES string of the molecule is COc1cccc(Cc2nc3cccc(C)n3c2N)c1. The molecule has 4 nitrogen and oxygen atoms in total. The standard InChI is InChI=1S/C16H17N3O/c1-11-5-3-8-15-18-14(16(17)19(11)15)10-12-6-4-7-13(9-12)20-2/h3-9H,10,17H2,1-2H3. The molecule has 0 spiro atoms. The minimum Gasteiger partial charge on any atom is -0.497 e. The molecule has 0 aliphatic heterocycles. The van der Waals surface area contributed by atoms with E-state index in [0.717, 1.165) is 28.3 Å². The molecule has 2 heterocycles. The minimum absolute atomic E-state index is 0.699. The van der Waals surface area contributed by atoms with Gasteiger partial charge in [0.1, 0.15) is 17.2 Å². The Morgan fingerprint density at radius 2 is 2.00 bits per heavy atom. The normalized spacial score (nSPS) is 10.9. The second kappa shape index (κ2) is 4.89. The molecule has 1 aromatic carbocycles. The zero-order valence-corrected chi connectivity index (χ0v) is 11.6. The van der Waals surface area contributed by atoms with Gasteiger partial charge in [0.25, 0.3) is 0 Å². The first-order valence-corrected chi connectivity index (χ1v) is 6.54. The Bertz CT molecular complexity index is 762. The Hall–Kier alpha value is -2.49. The fourth-order valence-corrected chi connectivity index (χ4v) is 2.43. The van der Waals surface area contributed by atoms with Crippen LogP contribution in [0.4, 0.5) is 5.82 Å². The van der Waals surface area contributed by atoms with Crippen LogP contribution in [0, 0.1) is 6.92 Å². The molecule has 20 heavy (non-hydrogen) atoms. The van der Waals surface area contributed by atoms with Crippen LogP contribution in [0.1, 0.15) is 17.0 Å². The van der Waals surface area contributed by atoms with Crippen molar-refractivity contribution in [3.63, 3.8) is 0 Å². The Balaban J connectivity index is 2.02. The van der Waals surface area contributed by atoms with Crippen LogP contribution >= 0.6 is 0 Å². The summed E-state index contributed by atoms with van der Waals surface area (Å²) in [5.41, 5.74) is 10.2. The summed E-state index contributed by atoms with van der Waals surface area (Å²) in [6.45, 7) is 2.03. The van der Waals surface area contributed by atoms with Crippen molar-refractivity contribution >= 4 is 11.5 Å². The molecule has 0 saturated carbocycles. The first-order chi connectivity index (χ1) is 9.69. The fourth-order valence-electron chi connectivity index (χ4n) is 2.43. The number of nitrogens with zero attached hydrogens (tertiary/aromatic N) is 2. The number of nitrogen functional groups attached to an aromatic ring is 1. The van der Waals surface area contributed by atoms with E-state index in [4.69, 9.17) is 10.5 Å². The number of hydrogen-bond acceptors (Lipinski definition) is 3. The van der Waals surface area contributed by atoms with Crippen molar-refractivity contribution in [2.24, 2.45) is 0 Å². The molecule has 0 amide bonds. The molecule has 0 fully saturated rings. The highest BCUT2D eigenvalue weighted by Gasteiger charge is 2.11. The summed E-state index contributed by atoms with van der Waals surface area (Å²) in [6.07, 6.45) is 0.699. The third-order valence-corrected chi connectivity index (χ3v) is 3.46. The van der Waals surface area contributed by atoms with Crippen LogP contribution in [-0.2, 0) is 6.42 Å². The predicted octanol–water partition coefficient (Wildman–Crippen LogP) is 2.82. The zero-order chi connectivity index (χ0) is 14.1. The van der Waals surface area contributed by atoms with E-state index in [1.807, 2.05) is 47.7 Å². The van der Waals surface area contributed by atoms with Gasteiger partial charge in [-0.25, -0.2) is 4.98 Å². The van der Waals surface area contributed by atoms with E-state index in [-0.39, 0.29) is 0 Å². The summed E-state index contributed by atoms with van der Waals surface area (Å²) in [4.78, 5) is 4.62. The lowest BCUT2D eigenvalue weighted by atomic mass is 10.1. The number of methoxy groups -OCH3 is 1. The average Bonchev–Trinajstić information content (AvgIpc) is 2.77. The third-order valence-electron chi connectivity index (χ3n) is 3.46. The van der Waals surface area contributed by atoms with Crippen LogP contribution in [0.5, 0.6) is 5.75 Å². The quantitative estimate of drug-likeness (QED) is 0.794. The Labute approximate surface area is 117 Å². The number of anilines is 1. The van der Waals surface area contributed by atoms with Gasteiger partial charge in [-0.3, -0.25) is 4.40 Å². The van der Waals surface area contributed by atoms with E-state index in [1.165, 1.54) is 0 Å². The predicted molar refractivity (Wildman–Crippen MR) is 80.1 cm³/mol. The van der Waals surface area contributed by atoms with E-state index in [2.05, 4.69) is 11.1 Å². The van der Waals surface area contributed by atoms with Crippen LogP contribution in [0.3, 0.4) is 0 Å². The largest absolute Gasteiger partial charge is 0.497 e. The molecule has 0 aliphatic rings. The zero-order valence-electron chi connectivity index (χ0n) is 11.6. The van der Waals surface area contributed by atoms with Gasteiger partial charge < -0.3 is 10.5 Å². The summed E-state index contributed by atoms with van der Waals surface area (Å²) >= 11 is 0. The molecule has 0 aliphatic carbocycles. The van der Waals surface area contributed by atoms with Gasteiger partial charge in [-0.05, 0) is 36.8 Å².